The number of nitro benzene ring substituents is 1. The first-order valence-electron chi connectivity index (χ1n) is 10.2. The van der Waals surface area contributed by atoms with Gasteiger partial charge in [0.25, 0.3) is 5.69 Å². The second-order valence-corrected chi connectivity index (χ2v) is 8.83. The van der Waals surface area contributed by atoms with Gasteiger partial charge >= 0.3 is 0 Å². The minimum absolute atomic E-state index is 0.0652. The van der Waals surface area contributed by atoms with Crippen LogP contribution in [0.5, 0.6) is 5.75 Å². The smallest absolute Gasteiger partial charge is 0.272 e. The highest BCUT2D eigenvalue weighted by Crippen LogP contribution is 2.38. The summed E-state index contributed by atoms with van der Waals surface area (Å²) in [5.41, 5.74) is 2.77. The lowest BCUT2D eigenvalue weighted by Gasteiger charge is -2.05. The van der Waals surface area contributed by atoms with Crippen molar-refractivity contribution in [2.75, 3.05) is 0 Å². The van der Waals surface area contributed by atoms with Gasteiger partial charge in [-0.1, -0.05) is 0 Å². The normalized spacial score (nSPS) is 13.2. The largest absolute Gasteiger partial charge is 0.486 e. The molecule has 0 saturated carbocycles. The van der Waals surface area contributed by atoms with Gasteiger partial charge in [0.1, 0.15) is 29.3 Å². The Kier molecular flexibility index (Phi) is 4.22. The third-order valence-electron chi connectivity index (χ3n) is 5.67. The molecule has 0 amide bonds. The zero-order valence-corrected chi connectivity index (χ0v) is 17.9. The van der Waals surface area contributed by atoms with Gasteiger partial charge in [0.15, 0.2) is 11.4 Å². The fourth-order valence-electron chi connectivity index (χ4n) is 4.15. The van der Waals surface area contributed by atoms with E-state index in [-0.39, 0.29) is 12.3 Å². The van der Waals surface area contributed by atoms with Crippen molar-refractivity contribution in [3.8, 4) is 17.3 Å². The lowest BCUT2D eigenvalue weighted by molar-refractivity contribution is -0.385. The van der Waals surface area contributed by atoms with Crippen LogP contribution in [0.3, 0.4) is 0 Å². The standard InChI is InChI=1S/C22H17N5O4S/c1-12-9-13(5-7-16(12)27(28)29)30-10-14-6-8-17(31-14)20-24-21-19-15-3-2-4-18(15)32-22(19)23-11-26(21)25-20/h5-9,11H,2-4,10H2,1H3. The number of benzene rings is 1. The first kappa shape index (κ1) is 18.9. The van der Waals surface area contributed by atoms with Gasteiger partial charge in [-0.15, -0.1) is 16.4 Å². The van der Waals surface area contributed by atoms with Gasteiger partial charge in [0.05, 0.1) is 10.3 Å². The third-order valence-corrected chi connectivity index (χ3v) is 6.87. The van der Waals surface area contributed by atoms with Crippen molar-refractivity contribution in [2.24, 2.45) is 0 Å². The van der Waals surface area contributed by atoms with Crippen molar-refractivity contribution < 1.29 is 14.1 Å². The Labute approximate surface area is 185 Å². The number of hydrogen-bond acceptors (Lipinski definition) is 8. The number of nitro groups is 1. The molecule has 10 heteroatoms. The summed E-state index contributed by atoms with van der Waals surface area (Å²) in [6.07, 6.45) is 5.04. The lowest BCUT2D eigenvalue weighted by Crippen LogP contribution is -1.96. The molecule has 0 aliphatic heterocycles. The van der Waals surface area contributed by atoms with Crippen molar-refractivity contribution in [2.45, 2.75) is 32.8 Å². The molecule has 4 heterocycles. The molecule has 1 aliphatic carbocycles. The van der Waals surface area contributed by atoms with Gasteiger partial charge in [0.2, 0.25) is 5.82 Å². The molecule has 0 radical (unpaired) electrons. The van der Waals surface area contributed by atoms with E-state index in [9.17, 15) is 10.1 Å². The van der Waals surface area contributed by atoms with Crippen LogP contribution in [0, 0.1) is 17.0 Å². The highest BCUT2D eigenvalue weighted by molar-refractivity contribution is 7.19. The van der Waals surface area contributed by atoms with E-state index in [0.29, 0.717) is 28.7 Å². The molecule has 1 aliphatic rings. The Morgan fingerprint density at radius 3 is 3.03 bits per heavy atom. The van der Waals surface area contributed by atoms with Gasteiger partial charge in [0, 0.05) is 16.5 Å². The average molecular weight is 447 g/mol. The van der Waals surface area contributed by atoms with Crippen molar-refractivity contribution in [1.82, 2.24) is 19.6 Å². The van der Waals surface area contributed by atoms with E-state index >= 15 is 0 Å². The van der Waals surface area contributed by atoms with Gasteiger partial charge in [-0.2, -0.15) is 0 Å². The molecule has 0 bridgehead atoms. The number of rotatable bonds is 5. The number of aryl methyl sites for hydroxylation is 3. The van der Waals surface area contributed by atoms with Crippen molar-refractivity contribution >= 4 is 32.9 Å². The van der Waals surface area contributed by atoms with Gasteiger partial charge < -0.3 is 9.15 Å². The monoisotopic (exact) mass is 447 g/mol. The highest BCUT2D eigenvalue weighted by atomic mass is 32.1. The van der Waals surface area contributed by atoms with Crippen LogP contribution in [0.25, 0.3) is 27.4 Å². The molecule has 1 aromatic carbocycles. The number of thiophene rings is 1. The second kappa shape index (κ2) is 7.13. The second-order valence-electron chi connectivity index (χ2n) is 7.75. The van der Waals surface area contributed by atoms with Crippen LogP contribution in [0.2, 0.25) is 0 Å². The summed E-state index contributed by atoms with van der Waals surface area (Å²) in [6.45, 7) is 1.87. The average Bonchev–Trinajstić information content (AvgIpc) is 3.53. The van der Waals surface area contributed by atoms with Crippen LogP contribution in [-0.4, -0.2) is 24.5 Å². The Morgan fingerprint density at radius 1 is 1.28 bits per heavy atom. The summed E-state index contributed by atoms with van der Waals surface area (Å²) in [5.74, 6) is 2.19. The summed E-state index contributed by atoms with van der Waals surface area (Å²) >= 11 is 1.75. The maximum Gasteiger partial charge on any atom is 0.272 e. The topological polar surface area (TPSA) is 109 Å². The van der Waals surface area contributed by atoms with E-state index < -0.39 is 4.92 Å². The van der Waals surface area contributed by atoms with E-state index in [2.05, 4.69) is 10.1 Å². The summed E-state index contributed by atoms with van der Waals surface area (Å²) in [6, 6.07) is 8.29. The first-order chi connectivity index (χ1) is 15.6. The molecule has 9 nitrogen and oxygen atoms in total. The summed E-state index contributed by atoms with van der Waals surface area (Å²) in [7, 11) is 0. The molecule has 4 aromatic heterocycles. The molecule has 0 atom stereocenters. The summed E-state index contributed by atoms with van der Waals surface area (Å²) < 4.78 is 13.4. The number of furan rings is 1. The third kappa shape index (κ3) is 3.02. The molecule has 0 fully saturated rings. The van der Waals surface area contributed by atoms with E-state index in [4.69, 9.17) is 14.1 Å². The molecule has 0 N–H and O–H groups in total. The Hall–Kier alpha value is -3.79. The summed E-state index contributed by atoms with van der Waals surface area (Å²) in [4.78, 5) is 22.3. The van der Waals surface area contributed by atoms with E-state index in [1.807, 2.05) is 12.1 Å². The van der Waals surface area contributed by atoms with Crippen LogP contribution < -0.4 is 4.74 Å². The predicted octanol–water partition coefficient (Wildman–Crippen LogP) is 4.88. The maximum absolute atomic E-state index is 11.0. The number of aromatic nitrogens is 4. The molecule has 6 rings (SSSR count). The quantitative estimate of drug-likeness (QED) is 0.279. The van der Waals surface area contributed by atoms with Gasteiger partial charge in [-0.05, 0) is 56.0 Å². The molecular formula is C22H17N5O4S. The minimum atomic E-state index is -0.409. The SMILES string of the molecule is Cc1cc(OCc2ccc(-c3nc4c5c6c(sc5ncn4n3)CCC6)o2)ccc1[N+](=O)[O-]. The number of nitrogens with zero attached hydrogens (tertiary/aromatic N) is 5. The minimum Gasteiger partial charge on any atom is -0.486 e. The molecule has 0 unspecified atom stereocenters. The lowest BCUT2D eigenvalue weighted by atomic mass is 10.2. The highest BCUT2D eigenvalue weighted by Gasteiger charge is 2.22. The van der Waals surface area contributed by atoms with Gasteiger partial charge in [-0.3, -0.25) is 10.1 Å². The van der Waals surface area contributed by atoms with Crippen molar-refractivity contribution in [1.29, 1.82) is 0 Å². The molecule has 5 aromatic rings. The van der Waals surface area contributed by atoms with Crippen molar-refractivity contribution in [3.05, 3.63) is 68.5 Å². The van der Waals surface area contributed by atoms with Crippen LogP contribution in [0.1, 0.15) is 28.2 Å². The molecule has 0 saturated heterocycles. The van der Waals surface area contributed by atoms with Crippen LogP contribution in [-0.2, 0) is 19.4 Å². The van der Waals surface area contributed by atoms with Crippen molar-refractivity contribution in [3.63, 3.8) is 0 Å². The van der Waals surface area contributed by atoms with Crippen LogP contribution in [0.15, 0.2) is 41.1 Å². The Balaban J connectivity index is 1.26. The molecular weight excluding hydrogens is 430 g/mol. The molecule has 0 spiro atoms. The van der Waals surface area contributed by atoms with E-state index in [1.165, 1.54) is 22.9 Å². The number of ether oxygens (including phenoxy) is 1. The predicted molar refractivity (Wildman–Crippen MR) is 118 cm³/mol. The van der Waals surface area contributed by atoms with Crippen LogP contribution >= 0.6 is 11.3 Å². The molecule has 32 heavy (non-hydrogen) atoms. The zero-order chi connectivity index (χ0) is 21.8. The van der Waals surface area contributed by atoms with Gasteiger partial charge in [-0.25, -0.2) is 14.5 Å². The summed E-state index contributed by atoms with van der Waals surface area (Å²) in [5, 5.41) is 16.6. The Morgan fingerprint density at radius 2 is 2.19 bits per heavy atom. The zero-order valence-electron chi connectivity index (χ0n) is 17.1. The number of hydrogen-bond donors (Lipinski definition) is 0. The van der Waals surface area contributed by atoms with E-state index in [1.54, 1.807) is 41.2 Å². The number of fused-ring (bicyclic) bond motifs is 5. The molecule has 160 valence electrons. The first-order valence-corrected chi connectivity index (χ1v) is 11.0. The fraction of sp³-hybridized carbons (Fsp3) is 0.227. The van der Waals surface area contributed by atoms with E-state index in [0.717, 1.165) is 28.7 Å². The fourth-order valence-corrected chi connectivity index (χ4v) is 5.37. The maximum atomic E-state index is 11.0. The van der Waals surface area contributed by atoms with Crippen LogP contribution in [0.4, 0.5) is 5.69 Å². The Bertz CT molecular complexity index is 1520.